The van der Waals surface area contributed by atoms with Crippen LogP contribution in [0.5, 0.6) is 5.75 Å². The van der Waals surface area contributed by atoms with Gasteiger partial charge in [-0.05, 0) is 6.07 Å². The average molecular weight is 374 g/mol. The largest absolute Gasteiger partial charge is 0.491 e. The van der Waals surface area contributed by atoms with Crippen LogP contribution in [-0.2, 0) is 23.9 Å². The van der Waals surface area contributed by atoms with Crippen molar-refractivity contribution in [2.45, 2.75) is 18.5 Å². The predicted molar refractivity (Wildman–Crippen MR) is 65.0 cm³/mol. The Morgan fingerprint density at radius 1 is 0.920 bits per heavy atom. The minimum absolute atomic E-state index is 0.737. The number of ether oxygens (including phenoxy) is 3. The molecule has 12 heteroatoms. The molecule has 1 unspecified atom stereocenters. The van der Waals surface area contributed by atoms with E-state index in [1.165, 1.54) is 0 Å². The summed E-state index contributed by atoms with van der Waals surface area (Å²) in [6.07, 6.45) is -13.3. The van der Waals surface area contributed by atoms with Crippen LogP contribution in [0.1, 0.15) is 11.7 Å². The first-order chi connectivity index (χ1) is 11.4. The zero-order chi connectivity index (χ0) is 19.4. The van der Waals surface area contributed by atoms with Gasteiger partial charge >= 0.3 is 30.3 Å². The molecule has 0 saturated heterocycles. The van der Waals surface area contributed by atoms with Gasteiger partial charge < -0.3 is 14.2 Å². The fourth-order valence-electron chi connectivity index (χ4n) is 1.47. The molecule has 1 aromatic rings. The van der Waals surface area contributed by atoms with Gasteiger partial charge in [0.05, 0.1) is 7.11 Å². The second-order valence-electron chi connectivity index (χ2n) is 4.23. The number of carbonyl (C=O) groups is 3. The second kappa shape index (κ2) is 7.40. The lowest BCUT2D eigenvalue weighted by atomic mass is 10.1. The number of halogens is 6. The van der Waals surface area contributed by atoms with Gasteiger partial charge in [-0.3, -0.25) is 0 Å². The van der Waals surface area contributed by atoms with Crippen LogP contribution in [0.4, 0.5) is 26.3 Å². The number of esters is 3. The van der Waals surface area contributed by atoms with Gasteiger partial charge in [0.1, 0.15) is 5.75 Å². The first-order valence-electron chi connectivity index (χ1n) is 6.11. The maximum atomic E-state index is 12.3. The van der Waals surface area contributed by atoms with Crippen molar-refractivity contribution in [2.24, 2.45) is 0 Å². The summed E-state index contributed by atoms with van der Waals surface area (Å²) >= 11 is 0. The molecule has 6 nitrogen and oxygen atoms in total. The number of methoxy groups -OCH3 is 1. The predicted octanol–water partition coefficient (Wildman–Crippen LogP) is 2.47. The number of alkyl halides is 6. The van der Waals surface area contributed by atoms with Crippen LogP contribution in [0, 0.1) is 0 Å². The molecule has 0 spiro atoms. The third-order valence-corrected chi connectivity index (χ3v) is 2.51. The van der Waals surface area contributed by atoms with Crippen molar-refractivity contribution in [1.82, 2.24) is 0 Å². The third kappa shape index (κ3) is 5.36. The van der Waals surface area contributed by atoms with Gasteiger partial charge in [-0.15, -0.1) is 0 Å². The topological polar surface area (TPSA) is 78.9 Å². The minimum atomic E-state index is -5.48. The van der Waals surface area contributed by atoms with Crippen molar-refractivity contribution >= 4 is 17.9 Å². The molecular weight excluding hydrogens is 366 g/mol. The summed E-state index contributed by atoms with van der Waals surface area (Å²) in [5.41, 5.74) is -0.746. The molecule has 0 saturated carbocycles. The summed E-state index contributed by atoms with van der Waals surface area (Å²) < 4.78 is 85.8. The zero-order valence-electron chi connectivity index (χ0n) is 12.1. The molecular formula is C13H8F6O6. The standard InChI is InChI=1S/C13H8F6O6/c1-23-9(20)8(25-11(22)13(17,18)19)6-4-2-3-5-7(6)24-10(21)12(14,15)16/h2-5,8H,1H3. The van der Waals surface area contributed by atoms with Crippen molar-refractivity contribution in [2.75, 3.05) is 7.11 Å². The first kappa shape index (κ1) is 20.3. The van der Waals surface area contributed by atoms with Gasteiger partial charge in [0.25, 0.3) is 0 Å². The number of para-hydroxylation sites is 1. The summed E-state index contributed by atoms with van der Waals surface area (Å²) in [6.45, 7) is 0. The Labute approximate surface area is 135 Å². The fourth-order valence-corrected chi connectivity index (χ4v) is 1.47. The molecule has 0 N–H and O–H groups in total. The van der Waals surface area contributed by atoms with Gasteiger partial charge in [-0.2, -0.15) is 26.3 Å². The zero-order valence-corrected chi connectivity index (χ0v) is 12.1. The van der Waals surface area contributed by atoms with Gasteiger partial charge in [0, 0.05) is 5.56 Å². The summed E-state index contributed by atoms with van der Waals surface area (Å²) in [5.74, 6) is -7.95. The van der Waals surface area contributed by atoms with Crippen LogP contribution >= 0.6 is 0 Å². The molecule has 0 bridgehead atoms. The highest BCUT2D eigenvalue weighted by Crippen LogP contribution is 2.32. The molecule has 1 rings (SSSR count). The summed E-state index contributed by atoms with van der Waals surface area (Å²) in [4.78, 5) is 33.4. The Hall–Kier alpha value is -2.79. The van der Waals surface area contributed by atoms with E-state index in [-0.39, 0.29) is 0 Å². The van der Waals surface area contributed by atoms with E-state index >= 15 is 0 Å². The average Bonchev–Trinajstić information content (AvgIpc) is 2.50. The molecule has 1 aromatic carbocycles. The highest BCUT2D eigenvalue weighted by atomic mass is 19.4. The Kier molecular flexibility index (Phi) is 6.00. The van der Waals surface area contributed by atoms with Crippen LogP contribution in [0.25, 0.3) is 0 Å². The molecule has 0 aliphatic heterocycles. The van der Waals surface area contributed by atoms with E-state index in [0.29, 0.717) is 0 Å². The number of rotatable bonds is 4. The SMILES string of the molecule is COC(=O)C(OC(=O)C(F)(F)F)c1ccccc1OC(=O)C(F)(F)F. The summed E-state index contributed by atoms with van der Waals surface area (Å²) in [5, 5.41) is 0. The summed E-state index contributed by atoms with van der Waals surface area (Å²) in [7, 11) is 0.737. The number of benzene rings is 1. The Morgan fingerprint density at radius 3 is 1.92 bits per heavy atom. The van der Waals surface area contributed by atoms with E-state index in [4.69, 9.17) is 0 Å². The Morgan fingerprint density at radius 2 is 1.44 bits per heavy atom. The second-order valence-corrected chi connectivity index (χ2v) is 4.23. The van der Waals surface area contributed by atoms with E-state index in [0.717, 1.165) is 31.4 Å². The lowest BCUT2D eigenvalue weighted by Crippen LogP contribution is -2.32. The van der Waals surface area contributed by atoms with Gasteiger partial charge in [-0.1, -0.05) is 18.2 Å². The molecule has 0 aromatic heterocycles. The monoisotopic (exact) mass is 374 g/mol. The van der Waals surface area contributed by atoms with Crippen molar-refractivity contribution in [3.05, 3.63) is 29.8 Å². The number of hydrogen-bond acceptors (Lipinski definition) is 6. The third-order valence-electron chi connectivity index (χ3n) is 2.51. The maximum Gasteiger partial charge on any atom is 0.491 e. The van der Waals surface area contributed by atoms with Crippen molar-refractivity contribution in [3.63, 3.8) is 0 Å². The van der Waals surface area contributed by atoms with Crippen molar-refractivity contribution in [1.29, 1.82) is 0 Å². The smallest absolute Gasteiger partial charge is 0.466 e. The van der Waals surface area contributed by atoms with Crippen LogP contribution in [0.2, 0.25) is 0 Å². The minimum Gasteiger partial charge on any atom is -0.466 e. The van der Waals surface area contributed by atoms with E-state index in [1.54, 1.807) is 0 Å². The van der Waals surface area contributed by atoms with E-state index in [2.05, 4.69) is 14.2 Å². The molecule has 0 aliphatic rings. The molecule has 0 amide bonds. The fraction of sp³-hybridized carbons (Fsp3) is 0.308. The number of hydrogen-bond donors (Lipinski definition) is 0. The normalized spacial score (nSPS) is 12.9. The van der Waals surface area contributed by atoms with Crippen molar-refractivity contribution < 1.29 is 54.9 Å². The van der Waals surface area contributed by atoms with Crippen LogP contribution in [0.3, 0.4) is 0 Å². The molecule has 138 valence electrons. The van der Waals surface area contributed by atoms with E-state index in [9.17, 15) is 40.7 Å². The van der Waals surface area contributed by atoms with E-state index < -0.39 is 47.7 Å². The molecule has 25 heavy (non-hydrogen) atoms. The number of carbonyl (C=O) groups excluding carboxylic acids is 3. The van der Waals surface area contributed by atoms with Gasteiger partial charge in [0.2, 0.25) is 6.10 Å². The van der Waals surface area contributed by atoms with E-state index in [1.807, 2.05) is 0 Å². The Bertz CT molecular complexity index is 666. The molecule has 0 aliphatic carbocycles. The van der Waals surface area contributed by atoms with Crippen LogP contribution in [-0.4, -0.2) is 37.4 Å². The quantitative estimate of drug-likeness (QED) is 0.458. The highest BCUT2D eigenvalue weighted by Gasteiger charge is 2.45. The van der Waals surface area contributed by atoms with Crippen LogP contribution in [0.15, 0.2) is 24.3 Å². The highest BCUT2D eigenvalue weighted by molar-refractivity contribution is 5.84. The lowest BCUT2D eigenvalue weighted by molar-refractivity contribution is -0.208. The first-order valence-corrected chi connectivity index (χ1v) is 6.11. The van der Waals surface area contributed by atoms with Gasteiger partial charge in [0.15, 0.2) is 0 Å². The van der Waals surface area contributed by atoms with Crippen molar-refractivity contribution in [3.8, 4) is 5.75 Å². The molecule has 1 atom stereocenters. The lowest BCUT2D eigenvalue weighted by Gasteiger charge is -2.19. The maximum absolute atomic E-state index is 12.3. The molecule has 0 fully saturated rings. The Balaban J connectivity index is 3.25. The molecule has 0 radical (unpaired) electrons. The summed E-state index contributed by atoms with van der Waals surface area (Å²) in [6, 6.07) is 3.75. The van der Waals surface area contributed by atoms with Crippen LogP contribution < -0.4 is 4.74 Å². The van der Waals surface area contributed by atoms with Gasteiger partial charge in [-0.25, -0.2) is 14.4 Å². The molecule has 0 heterocycles.